The maximum absolute atomic E-state index is 12.3. The maximum atomic E-state index is 12.3. The first-order valence-electron chi connectivity index (χ1n) is 6.10. The molecule has 110 valence electrons. The van der Waals surface area contributed by atoms with Gasteiger partial charge in [0.2, 0.25) is 0 Å². The standard InChI is InChI=1S/C14H15N3O3S/c1-10-7-8-11(14(15)16-18)9-13(10)17-21(19,20)12-5-3-2-4-6-12/h2-9,17-18H,1H3,(H2,15,16). The van der Waals surface area contributed by atoms with Crippen molar-refractivity contribution in [2.24, 2.45) is 10.9 Å². The molecule has 0 bridgehead atoms. The summed E-state index contributed by atoms with van der Waals surface area (Å²) in [4.78, 5) is 0.165. The summed E-state index contributed by atoms with van der Waals surface area (Å²) >= 11 is 0. The molecule has 0 heterocycles. The van der Waals surface area contributed by atoms with E-state index < -0.39 is 10.0 Å². The Labute approximate surface area is 123 Å². The quantitative estimate of drug-likeness (QED) is 0.347. The van der Waals surface area contributed by atoms with Crippen LogP contribution in [0.4, 0.5) is 5.69 Å². The Morgan fingerprint density at radius 2 is 1.86 bits per heavy atom. The summed E-state index contributed by atoms with van der Waals surface area (Å²) in [6.45, 7) is 1.76. The molecule has 2 aromatic carbocycles. The first-order chi connectivity index (χ1) is 9.94. The van der Waals surface area contributed by atoms with Crippen LogP contribution >= 0.6 is 0 Å². The Morgan fingerprint density at radius 1 is 1.19 bits per heavy atom. The predicted octanol–water partition coefficient (Wildman–Crippen LogP) is 1.89. The van der Waals surface area contributed by atoms with Crippen LogP contribution in [0.3, 0.4) is 0 Å². The molecule has 0 unspecified atom stereocenters. The second-order valence-electron chi connectivity index (χ2n) is 4.43. The summed E-state index contributed by atoms with van der Waals surface area (Å²) in [5, 5.41) is 11.6. The highest BCUT2D eigenvalue weighted by atomic mass is 32.2. The molecule has 0 aliphatic heterocycles. The third-order valence-electron chi connectivity index (χ3n) is 2.94. The van der Waals surface area contributed by atoms with Crippen molar-refractivity contribution in [1.29, 1.82) is 0 Å². The lowest BCUT2D eigenvalue weighted by Gasteiger charge is -2.12. The first kappa shape index (κ1) is 14.9. The summed E-state index contributed by atoms with van der Waals surface area (Å²) in [6.07, 6.45) is 0. The molecule has 0 amide bonds. The van der Waals surface area contributed by atoms with Crippen molar-refractivity contribution in [3.63, 3.8) is 0 Å². The van der Waals surface area contributed by atoms with Crippen molar-refractivity contribution in [3.8, 4) is 0 Å². The van der Waals surface area contributed by atoms with E-state index in [4.69, 9.17) is 10.9 Å². The van der Waals surface area contributed by atoms with Gasteiger partial charge in [0, 0.05) is 5.56 Å². The second-order valence-corrected chi connectivity index (χ2v) is 6.12. The highest BCUT2D eigenvalue weighted by Gasteiger charge is 2.15. The Hall–Kier alpha value is -2.54. The minimum Gasteiger partial charge on any atom is -0.409 e. The smallest absolute Gasteiger partial charge is 0.261 e. The van der Waals surface area contributed by atoms with Gasteiger partial charge in [-0.05, 0) is 30.7 Å². The van der Waals surface area contributed by atoms with E-state index in [-0.39, 0.29) is 10.7 Å². The van der Waals surface area contributed by atoms with Gasteiger partial charge in [-0.2, -0.15) is 0 Å². The van der Waals surface area contributed by atoms with Gasteiger partial charge in [0.25, 0.3) is 10.0 Å². The van der Waals surface area contributed by atoms with Gasteiger partial charge < -0.3 is 10.9 Å². The Bertz CT molecular complexity index is 771. The molecule has 0 radical (unpaired) electrons. The highest BCUT2D eigenvalue weighted by molar-refractivity contribution is 7.92. The van der Waals surface area contributed by atoms with E-state index in [0.717, 1.165) is 5.56 Å². The Morgan fingerprint density at radius 3 is 2.48 bits per heavy atom. The number of aryl methyl sites for hydroxylation is 1. The third kappa shape index (κ3) is 3.32. The van der Waals surface area contributed by atoms with Gasteiger partial charge in [0.15, 0.2) is 5.84 Å². The number of nitrogens with two attached hydrogens (primary N) is 1. The molecular weight excluding hydrogens is 290 g/mol. The SMILES string of the molecule is Cc1ccc(C(N)=NO)cc1NS(=O)(=O)c1ccccc1. The fourth-order valence-electron chi connectivity index (χ4n) is 1.75. The van der Waals surface area contributed by atoms with Gasteiger partial charge in [0.1, 0.15) is 0 Å². The Balaban J connectivity index is 2.40. The summed E-state index contributed by atoms with van der Waals surface area (Å²) in [5.74, 6) is -0.0878. The van der Waals surface area contributed by atoms with E-state index in [1.54, 1.807) is 37.3 Å². The molecule has 0 aromatic heterocycles. The molecule has 6 nitrogen and oxygen atoms in total. The van der Waals surface area contributed by atoms with Crippen molar-refractivity contribution in [2.45, 2.75) is 11.8 Å². The number of nitrogens with one attached hydrogen (secondary N) is 1. The van der Waals surface area contributed by atoms with Crippen molar-refractivity contribution >= 4 is 21.5 Å². The summed E-state index contributed by atoms with van der Waals surface area (Å²) in [5.41, 5.74) is 7.04. The molecule has 0 saturated heterocycles. The number of oxime groups is 1. The van der Waals surface area contributed by atoms with Gasteiger partial charge in [0.05, 0.1) is 10.6 Å². The largest absolute Gasteiger partial charge is 0.409 e. The number of amidine groups is 1. The van der Waals surface area contributed by atoms with Crippen LogP contribution in [0.2, 0.25) is 0 Å². The van der Waals surface area contributed by atoms with E-state index in [0.29, 0.717) is 11.3 Å². The molecule has 2 aromatic rings. The zero-order valence-electron chi connectivity index (χ0n) is 11.3. The molecule has 2 rings (SSSR count). The van der Waals surface area contributed by atoms with Crippen LogP contribution < -0.4 is 10.5 Å². The second kappa shape index (κ2) is 5.84. The van der Waals surface area contributed by atoms with Crippen LogP contribution in [0.25, 0.3) is 0 Å². The zero-order valence-corrected chi connectivity index (χ0v) is 12.1. The van der Waals surface area contributed by atoms with E-state index >= 15 is 0 Å². The molecule has 7 heteroatoms. The van der Waals surface area contributed by atoms with Gasteiger partial charge >= 0.3 is 0 Å². The fourth-order valence-corrected chi connectivity index (χ4v) is 2.90. The van der Waals surface area contributed by atoms with Crippen molar-refractivity contribution < 1.29 is 13.6 Å². The third-order valence-corrected chi connectivity index (χ3v) is 4.32. The monoisotopic (exact) mass is 305 g/mol. The molecule has 0 aliphatic carbocycles. The number of sulfonamides is 1. The number of hydrogen-bond acceptors (Lipinski definition) is 4. The van der Waals surface area contributed by atoms with Crippen LogP contribution in [0.15, 0.2) is 58.6 Å². The van der Waals surface area contributed by atoms with Crippen molar-refractivity contribution in [1.82, 2.24) is 0 Å². The topological polar surface area (TPSA) is 105 Å². The van der Waals surface area contributed by atoms with Gasteiger partial charge in [-0.1, -0.05) is 35.5 Å². The predicted molar refractivity (Wildman–Crippen MR) is 80.9 cm³/mol. The van der Waals surface area contributed by atoms with Crippen LogP contribution in [-0.4, -0.2) is 19.5 Å². The molecule has 0 fully saturated rings. The summed E-state index contributed by atoms with van der Waals surface area (Å²) < 4.78 is 27.1. The molecule has 0 saturated carbocycles. The van der Waals surface area contributed by atoms with Crippen molar-refractivity contribution in [3.05, 3.63) is 59.7 Å². The lowest BCUT2D eigenvalue weighted by atomic mass is 10.1. The lowest BCUT2D eigenvalue weighted by molar-refractivity contribution is 0.318. The fraction of sp³-hybridized carbons (Fsp3) is 0.0714. The van der Waals surface area contributed by atoms with Gasteiger partial charge in [-0.3, -0.25) is 4.72 Å². The first-order valence-corrected chi connectivity index (χ1v) is 7.59. The van der Waals surface area contributed by atoms with Crippen molar-refractivity contribution in [2.75, 3.05) is 4.72 Å². The number of hydrogen-bond donors (Lipinski definition) is 3. The van der Waals surface area contributed by atoms with Crippen LogP contribution in [0.5, 0.6) is 0 Å². The average Bonchev–Trinajstić information content (AvgIpc) is 2.49. The van der Waals surface area contributed by atoms with Crippen LogP contribution in [-0.2, 0) is 10.0 Å². The van der Waals surface area contributed by atoms with Gasteiger partial charge in [-0.15, -0.1) is 0 Å². The van der Waals surface area contributed by atoms with Crippen LogP contribution in [0, 0.1) is 6.92 Å². The van der Waals surface area contributed by atoms with Gasteiger partial charge in [-0.25, -0.2) is 8.42 Å². The number of benzene rings is 2. The minimum atomic E-state index is -3.68. The average molecular weight is 305 g/mol. The number of nitrogens with zero attached hydrogens (tertiary/aromatic N) is 1. The van der Waals surface area contributed by atoms with E-state index in [2.05, 4.69) is 9.88 Å². The highest BCUT2D eigenvalue weighted by Crippen LogP contribution is 2.21. The van der Waals surface area contributed by atoms with Crippen LogP contribution in [0.1, 0.15) is 11.1 Å². The normalized spacial score (nSPS) is 12.1. The summed E-state index contributed by atoms with van der Waals surface area (Å²) in [6, 6.07) is 12.9. The molecule has 0 spiro atoms. The molecule has 21 heavy (non-hydrogen) atoms. The van der Waals surface area contributed by atoms with E-state index in [9.17, 15) is 8.42 Å². The van der Waals surface area contributed by atoms with E-state index in [1.807, 2.05) is 0 Å². The van der Waals surface area contributed by atoms with E-state index in [1.165, 1.54) is 18.2 Å². The molecule has 4 N–H and O–H groups in total. The summed E-state index contributed by atoms with van der Waals surface area (Å²) in [7, 11) is -3.68. The Kier molecular flexibility index (Phi) is 4.13. The minimum absolute atomic E-state index is 0.0878. The molecule has 0 atom stereocenters. The zero-order chi connectivity index (χ0) is 15.5. The maximum Gasteiger partial charge on any atom is 0.261 e. The molecule has 0 aliphatic rings. The molecular formula is C14H15N3O3S. The number of rotatable bonds is 4. The number of anilines is 1. The lowest BCUT2D eigenvalue weighted by Crippen LogP contribution is -2.16.